The summed E-state index contributed by atoms with van der Waals surface area (Å²) < 4.78 is 1.39. The van der Waals surface area contributed by atoms with E-state index in [1.54, 1.807) is 0 Å². The van der Waals surface area contributed by atoms with Gasteiger partial charge in [-0.15, -0.1) is 14.8 Å². The summed E-state index contributed by atoms with van der Waals surface area (Å²) in [6, 6.07) is 3.68. The Bertz CT molecular complexity index is 544. The topological polar surface area (TPSA) is 79.4 Å². The van der Waals surface area contributed by atoms with E-state index in [0.717, 1.165) is 5.82 Å². The first-order chi connectivity index (χ1) is 8.08. The number of β-amino-alcohol motifs (C(OH)–C–C–N with tert-alkyl or cyclic N) is 1. The van der Waals surface area contributed by atoms with Crippen LogP contribution in [0.3, 0.4) is 0 Å². The second kappa shape index (κ2) is 3.36. The molecule has 90 valence electrons. The molecule has 1 saturated heterocycles. The summed E-state index contributed by atoms with van der Waals surface area (Å²) in [5, 5.41) is 25.5. The lowest BCUT2D eigenvalue weighted by atomic mass is 9.83. The van der Waals surface area contributed by atoms with E-state index in [4.69, 9.17) is 0 Å². The van der Waals surface area contributed by atoms with Gasteiger partial charge < -0.3 is 10.0 Å². The van der Waals surface area contributed by atoms with E-state index in [1.165, 1.54) is 4.63 Å². The average molecular weight is 234 g/mol. The summed E-state index contributed by atoms with van der Waals surface area (Å²) in [5.41, 5.74) is 0.0189. The number of anilines is 1. The van der Waals surface area contributed by atoms with E-state index in [2.05, 4.69) is 20.6 Å². The summed E-state index contributed by atoms with van der Waals surface area (Å²) in [4.78, 5) is 2.02. The van der Waals surface area contributed by atoms with Crippen molar-refractivity contribution < 1.29 is 5.11 Å². The number of rotatable bonds is 2. The van der Waals surface area contributed by atoms with Crippen LogP contribution in [0, 0.1) is 5.92 Å². The van der Waals surface area contributed by atoms with Gasteiger partial charge in [-0.1, -0.05) is 13.8 Å². The molecule has 0 aliphatic carbocycles. The maximum absolute atomic E-state index is 10.2. The van der Waals surface area contributed by atoms with Crippen LogP contribution in [0.2, 0.25) is 0 Å². The summed E-state index contributed by atoms with van der Waals surface area (Å²) >= 11 is 0. The molecule has 0 amide bonds. The first-order valence-electron chi connectivity index (χ1n) is 5.61. The molecule has 0 radical (unpaired) electrons. The third-order valence-electron chi connectivity index (χ3n) is 3.38. The molecule has 0 atom stereocenters. The number of fused-ring (bicyclic) bond motifs is 1. The van der Waals surface area contributed by atoms with Crippen molar-refractivity contribution in [1.82, 2.24) is 25.3 Å². The Hall–Kier alpha value is -1.76. The van der Waals surface area contributed by atoms with Gasteiger partial charge in [0.25, 0.3) is 0 Å². The van der Waals surface area contributed by atoms with Gasteiger partial charge >= 0.3 is 0 Å². The van der Waals surface area contributed by atoms with Crippen LogP contribution in [0.15, 0.2) is 12.1 Å². The number of hydrogen-bond donors (Lipinski definition) is 1. The molecule has 0 spiro atoms. The number of aromatic nitrogens is 5. The molecule has 2 aromatic rings. The van der Waals surface area contributed by atoms with Gasteiger partial charge in [-0.2, -0.15) is 0 Å². The van der Waals surface area contributed by atoms with Crippen molar-refractivity contribution in [3.8, 4) is 0 Å². The van der Waals surface area contributed by atoms with Crippen molar-refractivity contribution >= 4 is 11.5 Å². The van der Waals surface area contributed by atoms with Crippen molar-refractivity contribution in [3.05, 3.63) is 12.1 Å². The Morgan fingerprint density at radius 2 is 2.12 bits per heavy atom. The molecule has 7 heteroatoms. The maximum Gasteiger partial charge on any atom is 0.200 e. The van der Waals surface area contributed by atoms with Gasteiger partial charge in [0.15, 0.2) is 11.5 Å². The molecular weight excluding hydrogens is 220 g/mol. The third-order valence-corrected chi connectivity index (χ3v) is 3.38. The summed E-state index contributed by atoms with van der Waals surface area (Å²) in [5.74, 6) is 1.03. The highest BCUT2D eigenvalue weighted by molar-refractivity contribution is 5.47. The van der Waals surface area contributed by atoms with Gasteiger partial charge in [0, 0.05) is 0 Å². The molecule has 0 saturated carbocycles. The second-order valence-electron chi connectivity index (χ2n) is 4.83. The van der Waals surface area contributed by atoms with Crippen LogP contribution >= 0.6 is 0 Å². The molecule has 2 aromatic heterocycles. The van der Waals surface area contributed by atoms with Crippen molar-refractivity contribution in [3.63, 3.8) is 0 Å². The van der Waals surface area contributed by atoms with Crippen LogP contribution in [-0.2, 0) is 0 Å². The summed E-state index contributed by atoms with van der Waals surface area (Å²) in [6.07, 6.45) is 0. The predicted molar refractivity (Wildman–Crippen MR) is 60.6 cm³/mol. The third kappa shape index (κ3) is 1.54. The Morgan fingerprint density at radius 3 is 2.82 bits per heavy atom. The molecule has 0 unspecified atom stereocenters. The Kier molecular flexibility index (Phi) is 2.06. The smallest absolute Gasteiger partial charge is 0.200 e. The average Bonchev–Trinajstić information content (AvgIpc) is 2.71. The van der Waals surface area contributed by atoms with Crippen LogP contribution in [0.25, 0.3) is 5.65 Å². The fourth-order valence-electron chi connectivity index (χ4n) is 1.95. The highest BCUT2D eigenvalue weighted by Crippen LogP contribution is 2.31. The molecule has 3 heterocycles. The van der Waals surface area contributed by atoms with Crippen molar-refractivity contribution in [1.29, 1.82) is 0 Å². The fraction of sp³-hybridized carbons (Fsp3) is 0.600. The molecule has 1 aliphatic rings. The van der Waals surface area contributed by atoms with Crippen molar-refractivity contribution in [2.24, 2.45) is 5.92 Å². The molecular formula is C10H14N6O. The zero-order valence-corrected chi connectivity index (χ0v) is 9.78. The van der Waals surface area contributed by atoms with Crippen LogP contribution in [0.5, 0.6) is 0 Å². The molecule has 3 rings (SSSR count). The van der Waals surface area contributed by atoms with Gasteiger partial charge in [0.1, 0.15) is 5.60 Å². The van der Waals surface area contributed by atoms with E-state index in [-0.39, 0.29) is 5.92 Å². The fourth-order valence-corrected chi connectivity index (χ4v) is 1.95. The number of nitrogens with zero attached hydrogens (tertiary/aromatic N) is 6. The first-order valence-corrected chi connectivity index (χ1v) is 5.61. The molecule has 0 bridgehead atoms. The SMILES string of the molecule is CC(C)C1(O)CN(c2ccc3nnnn3n2)C1. The minimum atomic E-state index is -0.600. The van der Waals surface area contributed by atoms with Gasteiger partial charge in [-0.25, -0.2) is 0 Å². The Balaban J connectivity index is 1.82. The number of hydrogen-bond acceptors (Lipinski definition) is 6. The monoisotopic (exact) mass is 234 g/mol. The predicted octanol–water partition coefficient (Wildman–Crippen LogP) is -0.274. The van der Waals surface area contributed by atoms with E-state index >= 15 is 0 Å². The molecule has 1 N–H and O–H groups in total. The molecule has 7 nitrogen and oxygen atoms in total. The van der Waals surface area contributed by atoms with E-state index < -0.39 is 5.60 Å². The second-order valence-corrected chi connectivity index (χ2v) is 4.83. The molecule has 17 heavy (non-hydrogen) atoms. The largest absolute Gasteiger partial charge is 0.386 e. The van der Waals surface area contributed by atoms with Crippen LogP contribution in [0.1, 0.15) is 13.8 Å². The summed E-state index contributed by atoms with van der Waals surface area (Å²) in [6.45, 7) is 5.25. The van der Waals surface area contributed by atoms with Crippen LogP contribution in [-0.4, -0.2) is 49.1 Å². The highest BCUT2D eigenvalue weighted by atomic mass is 16.3. The summed E-state index contributed by atoms with van der Waals surface area (Å²) in [7, 11) is 0. The number of tetrazole rings is 1. The normalized spacial score (nSPS) is 18.7. The van der Waals surface area contributed by atoms with Crippen molar-refractivity contribution in [2.45, 2.75) is 19.4 Å². The quantitative estimate of drug-likeness (QED) is 0.770. The molecule has 1 aliphatic heterocycles. The van der Waals surface area contributed by atoms with Crippen LogP contribution in [0.4, 0.5) is 5.82 Å². The standard InChI is InChI=1S/C10H14N6O/c1-7(2)10(17)5-15(6-10)9-4-3-8-11-13-14-16(8)12-9/h3-4,7,17H,5-6H2,1-2H3. The van der Waals surface area contributed by atoms with Crippen LogP contribution < -0.4 is 4.90 Å². The maximum atomic E-state index is 10.2. The molecule has 0 aromatic carbocycles. The molecule has 1 fully saturated rings. The zero-order chi connectivity index (χ0) is 12.0. The van der Waals surface area contributed by atoms with Gasteiger partial charge in [0.05, 0.1) is 13.1 Å². The lowest BCUT2D eigenvalue weighted by molar-refractivity contribution is -0.0305. The zero-order valence-electron chi connectivity index (χ0n) is 9.78. The van der Waals surface area contributed by atoms with E-state index in [0.29, 0.717) is 18.7 Å². The Morgan fingerprint density at radius 1 is 1.35 bits per heavy atom. The van der Waals surface area contributed by atoms with E-state index in [1.807, 2.05) is 30.9 Å². The van der Waals surface area contributed by atoms with Gasteiger partial charge in [-0.05, 0) is 28.5 Å². The van der Waals surface area contributed by atoms with Gasteiger partial charge in [-0.3, -0.25) is 0 Å². The minimum Gasteiger partial charge on any atom is -0.386 e. The highest BCUT2D eigenvalue weighted by Gasteiger charge is 2.44. The van der Waals surface area contributed by atoms with Gasteiger partial charge in [0.2, 0.25) is 0 Å². The minimum absolute atomic E-state index is 0.246. The van der Waals surface area contributed by atoms with E-state index in [9.17, 15) is 5.11 Å². The Labute approximate surface area is 98.0 Å². The lowest BCUT2D eigenvalue weighted by Gasteiger charge is -2.49. The lowest BCUT2D eigenvalue weighted by Crippen LogP contribution is -2.65. The van der Waals surface area contributed by atoms with Crippen molar-refractivity contribution in [2.75, 3.05) is 18.0 Å². The first kappa shape index (κ1) is 10.4. The number of aliphatic hydroxyl groups is 1.